The molecule has 10 heteroatoms. The van der Waals surface area contributed by atoms with Crippen LogP contribution in [0.25, 0.3) is 11.0 Å². The molecule has 2 atom stereocenters. The summed E-state index contributed by atoms with van der Waals surface area (Å²) in [6, 6.07) is 11.2. The average Bonchev–Trinajstić information content (AvgIpc) is 3.17. The minimum Gasteiger partial charge on any atom is -0.367 e. The summed E-state index contributed by atoms with van der Waals surface area (Å²) in [5.41, 5.74) is -1.13. The Kier molecular flexibility index (Phi) is 4.77. The van der Waals surface area contributed by atoms with Gasteiger partial charge in [-0.05, 0) is 42.7 Å². The van der Waals surface area contributed by atoms with Crippen LogP contribution in [-0.2, 0) is 20.0 Å². The van der Waals surface area contributed by atoms with Gasteiger partial charge in [-0.15, -0.1) is 0 Å². The first-order valence-electron chi connectivity index (χ1n) is 9.38. The van der Waals surface area contributed by atoms with Crippen molar-refractivity contribution >= 4 is 28.8 Å². The van der Waals surface area contributed by atoms with Crippen LogP contribution in [0.4, 0.5) is 19.1 Å². The van der Waals surface area contributed by atoms with Crippen molar-refractivity contribution in [2.75, 3.05) is 12.4 Å². The predicted octanol–water partition coefficient (Wildman–Crippen LogP) is 3.32. The molecular formula is C21H19F3N4O3. The summed E-state index contributed by atoms with van der Waals surface area (Å²) in [4.78, 5) is 29.8. The van der Waals surface area contributed by atoms with Gasteiger partial charge in [0.2, 0.25) is 5.95 Å². The summed E-state index contributed by atoms with van der Waals surface area (Å²) in [5, 5.41) is 4.08. The number of hydrogen-bond donors (Lipinski definition) is 2. The van der Waals surface area contributed by atoms with E-state index in [1.54, 1.807) is 50.2 Å². The number of imidazole rings is 1. The van der Waals surface area contributed by atoms with E-state index in [1.807, 2.05) is 5.32 Å². The first-order valence-corrected chi connectivity index (χ1v) is 9.38. The van der Waals surface area contributed by atoms with E-state index in [1.165, 1.54) is 13.2 Å². The number of amides is 2. The number of hydrogen-bond acceptors (Lipinski definition) is 4. The van der Waals surface area contributed by atoms with Crippen molar-refractivity contribution in [2.45, 2.75) is 31.8 Å². The quantitative estimate of drug-likeness (QED) is 0.663. The molecule has 2 aromatic carbocycles. The van der Waals surface area contributed by atoms with Crippen LogP contribution >= 0.6 is 0 Å². The number of nitrogens with one attached hydrogen (secondary N) is 2. The summed E-state index contributed by atoms with van der Waals surface area (Å²) in [6.45, 7) is 3.54. The van der Waals surface area contributed by atoms with Gasteiger partial charge in [0.15, 0.2) is 6.10 Å². The minimum atomic E-state index is -5.17. The van der Waals surface area contributed by atoms with Gasteiger partial charge in [-0.25, -0.2) is 4.98 Å². The number of methoxy groups -OCH3 is 1. The molecule has 1 aliphatic heterocycles. The number of ether oxygens (including phenoxy) is 1. The summed E-state index contributed by atoms with van der Waals surface area (Å²) < 4.78 is 49.3. The fourth-order valence-electron chi connectivity index (χ4n) is 3.75. The molecule has 0 fully saturated rings. The molecule has 2 N–H and O–H groups in total. The van der Waals surface area contributed by atoms with Gasteiger partial charge in [0.05, 0.1) is 11.0 Å². The van der Waals surface area contributed by atoms with Crippen LogP contribution in [0, 0.1) is 13.8 Å². The number of carbonyl (C=O) groups is 2. The van der Waals surface area contributed by atoms with Crippen LogP contribution in [-0.4, -0.2) is 34.7 Å². The van der Waals surface area contributed by atoms with Gasteiger partial charge in [-0.2, -0.15) is 13.2 Å². The largest absolute Gasteiger partial charge is 0.440 e. The van der Waals surface area contributed by atoms with E-state index in [0.717, 1.165) is 11.1 Å². The average molecular weight is 432 g/mol. The molecule has 1 aromatic heterocycles. The third-order valence-electron chi connectivity index (χ3n) is 5.45. The van der Waals surface area contributed by atoms with Gasteiger partial charge in [-0.3, -0.25) is 19.5 Å². The Morgan fingerprint density at radius 2 is 1.84 bits per heavy atom. The highest BCUT2D eigenvalue weighted by Crippen LogP contribution is 2.44. The third-order valence-corrected chi connectivity index (χ3v) is 5.45. The number of halogens is 3. The second-order valence-corrected chi connectivity index (χ2v) is 7.37. The lowest BCUT2D eigenvalue weighted by atomic mass is 10.0. The second kappa shape index (κ2) is 7.09. The molecule has 1 unspecified atom stereocenters. The predicted molar refractivity (Wildman–Crippen MR) is 106 cm³/mol. The lowest BCUT2D eigenvalue weighted by Crippen LogP contribution is -2.64. The first kappa shape index (κ1) is 20.9. The van der Waals surface area contributed by atoms with Gasteiger partial charge < -0.3 is 10.1 Å². The Morgan fingerprint density at radius 1 is 1.19 bits per heavy atom. The van der Waals surface area contributed by atoms with Crippen LogP contribution in [0.5, 0.6) is 0 Å². The van der Waals surface area contributed by atoms with Gasteiger partial charge in [0.25, 0.3) is 17.5 Å². The maximum Gasteiger partial charge on any atom is 0.440 e. The van der Waals surface area contributed by atoms with Gasteiger partial charge >= 0.3 is 6.18 Å². The zero-order valence-corrected chi connectivity index (χ0v) is 16.9. The molecule has 7 nitrogen and oxygen atoms in total. The van der Waals surface area contributed by atoms with Gasteiger partial charge in [-0.1, -0.05) is 30.3 Å². The number of aryl methyl sites for hydroxylation is 2. The van der Waals surface area contributed by atoms with Crippen LogP contribution in [0.1, 0.15) is 22.8 Å². The highest BCUT2D eigenvalue weighted by molar-refractivity contribution is 6.05. The van der Waals surface area contributed by atoms with Gasteiger partial charge in [0.1, 0.15) is 0 Å². The molecule has 162 valence electrons. The molecule has 2 amide bonds. The second-order valence-electron chi connectivity index (χ2n) is 7.37. The zero-order chi connectivity index (χ0) is 22.6. The third kappa shape index (κ3) is 3.05. The zero-order valence-electron chi connectivity index (χ0n) is 16.9. The molecule has 0 saturated carbocycles. The molecule has 3 aromatic rings. The highest BCUT2D eigenvalue weighted by atomic mass is 19.4. The molecule has 0 bridgehead atoms. The SMILES string of the molecule is CO[C@H](C(=O)NC1(C(F)(F)F)C(=O)Nc2nc3cc(C)c(C)cc3n21)c1ccccc1. The lowest BCUT2D eigenvalue weighted by molar-refractivity contribution is -0.218. The number of benzene rings is 2. The molecule has 0 aliphatic carbocycles. The van der Waals surface area contributed by atoms with Crippen LogP contribution in [0.15, 0.2) is 42.5 Å². The summed E-state index contributed by atoms with van der Waals surface area (Å²) in [5.74, 6) is -2.85. The number of rotatable bonds is 4. The monoisotopic (exact) mass is 432 g/mol. The van der Waals surface area contributed by atoms with Crippen LogP contribution < -0.4 is 10.6 Å². The standard InChI is InChI=1S/C21H19F3N4O3/c1-11-9-14-15(10-12(11)2)28-19(25-14)26-18(30)20(28,21(22,23)24)27-17(29)16(31-3)13-7-5-4-6-8-13/h4-10,16H,1-3H3,(H,27,29)(H,25,26,30)/t16-,20?/m0/s1. The number of anilines is 1. The lowest BCUT2D eigenvalue weighted by Gasteiger charge is -2.33. The molecule has 1 aliphatic rings. The van der Waals surface area contributed by atoms with E-state index < -0.39 is 29.8 Å². The number of nitrogens with zero attached hydrogens (tertiary/aromatic N) is 2. The van der Waals surface area contributed by atoms with Gasteiger partial charge in [0, 0.05) is 7.11 Å². The fraction of sp³-hybridized carbons (Fsp3) is 0.286. The van der Waals surface area contributed by atoms with Crippen molar-refractivity contribution in [3.63, 3.8) is 0 Å². The van der Waals surface area contributed by atoms with Crippen LogP contribution in [0.2, 0.25) is 0 Å². The van der Waals surface area contributed by atoms with Crippen molar-refractivity contribution in [3.8, 4) is 0 Å². The molecule has 0 spiro atoms. The fourth-order valence-corrected chi connectivity index (χ4v) is 3.75. The number of alkyl halides is 3. The molecule has 31 heavy (non-hydrogen) atoms. The van der Waals surface area contributed by atoms with E-state index in [-0.39, 0.29) is 17.0 Å². The minimum absolute atomic E-state index is 0.0720. The molecular weight excluding hydrogens is 413 g/mol. The number of aromatic nitrogens is 2. The first-order chi connectivity index (χ1) is 14.6. The maximum atomic E-state index is 14.5. The van der Waals surface area contributed by atoms with E-state index in [9.17, 15) is 22.8 Å². The Hall–Kier alpha value is -3.40. The van der Waals surface area contributed by atoms with Crippen LogP contribution in [0.3, 0.4) is 0 Å². The maximum absolute atomic E-state index is 14.5. The Morgan fingerprint density at radius 3 is 2.45 bits per heavy atom. The topological polar surface area (TPSA) is 85.2 Å². The van der Waals surface area contributed by atoms with Crippen molar-refractivity contribution in [3.05, 3.63) is 59.2 Å². The van der Waals surface area contributed by atoms with Crippen molar-refractivity contribution in [2.24, 2.45) is 0 Å². The summed E-state index contributed by atoms with van der Waals surface area (Å²) in [7, 11) is 1.20. The van der Waals surface area contributed by atoms with Crippen molar-refractivity contribution < 1.29 is 27.5 Å². The Bertz CT molecular complexity index is 1190. The normalized spacial score (nSPS) is 19.2. The van der Waals surface area contributed by atoms with E-state index >= 15 is 0 Å². The number of carbonyl (C=O) groups excluding carboxylic acids is 2. The Balaban J connectivity index is 1.88. The van der Waals surface area contributed by atoms with Crippen molar-refractivity contribution in [1.82, 2.24) is 14.9 Å². The molecule has 0 radical (unpaired) electrons. The van der Waals surface area contributed by atoms with E-state index in [0.29, 0.717) is 10.1 Å². The highest BCUT2D eigenvalue weighted by Gasteiger charge is 2.68. The van der Waals surface area contributed by atoms with E-state index in [4.69, 9.17) is 4.74 Å². The molecule has 4 rings (SSSR count). The Labute approximate surface area is 175 Å². The number of fused-ring (bicyclic) bond motifs is 3. The summed E-state index contributed by atoms with van der Waals surface area (Å²) in [6.07, 6.45) is -6.52. The summed E-state index contributed by atoms with van der Waals surface area (Å²) >= 11 is 0. The smallest absolute Gasteiger partial charge is 0.367 e. The van der Waals surface area contributed by atoms with Crippen molar-refractivity contribution in [1.29, 1.82) is 0 Å². The van der Waals surface area contributed by atoms with E-state index in [2.05, 4.69) is 10.3 Å². The molecule has 2 heterocycles. The molecule has 0 saturated heterocycles.